The van der Waals surface area contributed by atoms with E-state index in [4.69, 9.17) is 42.6 Å². The zero-order valence-corrected chi connectivity index (χ0v) is 53.7. The van der Waals surface area contributed by atoms with Crippen molar-refractivity contribution in [2.45, 2.75) is 192 Å². The second-order valence-electron chi connectivity index (χ2n) is 23.8. The molecule has 0 bridgehead atoms. The molecule has 0 spiro atoms. The fourth-order valence-corrected chi connectivity index (χ4v) is 11.1. The van der Waals surface area contributed by atoms with Gasteiger partial charge in [-0.3, -0.25) is 19.2 Å². The third kappa shape index (κ3) is 22.3. The van der Waals surface area contributed by atoms with Gasteiger partial charge in [-0.2, -0.15) is 0 Å². The Balaban J connectivity index is 0.000000361. The molecule has 0 aromatic heterocycles. The van der Waals surface area contributed by atoms with E-state index in [9.17, 15) is 24.0 Å². The summed E-state index contributed by atoms with van der Waals surface area (Å²) in [4.78, 5) is 76.5. The molecule has 2 aliphatic heterocycles. The Morgan fingerprint density at radius 3 is 1.40 bits per heavy atom. The smallest absolute Gasteiger partial charge is 0.410 e. The van der Waals surface area contributed by atoms with Crippen LogP contribution in [0.3, 0.4) is 0 Å². The van der Waals surface area contributed by atoms with Crippen molar-refractivity contribution in [2.24, 2.45) is 0 Å². The number of halogens is 1. The highest BCUT2D eigenvalue weighted by Crippen LogP contribution is 2.35. The van der Waals surface area contributed by atoms with Crippen LogP contribution in [-0.4, -0.2) is 217 Å². The largest absolute Gasteiger partial charge is 0.493 e. The van der Waals surface area contributed by atoms with E-state index in [0.717, 1.165) is 70.9 Å². The van der Waals surface area contributed by atoms with Crippen LogP contribution in [0.4, 0.5) is 4.79 Å². The third-order valence-corrected chi connectivity index (χ3v) is 15.6. The third-order valence-electron chi connectivity index (χ3n) is 15.6. The molecule has 0 radical (unpaired) electrons. The van der Waals surface area contributed by atoms with Crippen LogP contribution in [0.25, 0.3) is 0 Å². The van der Waals surface area contributed by atoms with E-state index in [-0.39, 0.29) is 72.3 Å². The molecule has 2 saturated heterocycles. The monoisotopic (exact) mass is 1200 g/mol. The van der Waals surface area contributed by atoms with E-state index < -0.39 is 11.7 Å². The quantitative estimate of drug-likeness (QED) is 0.0681. The van der Waals surface area contributed by atoms with Crippen molar-refractivity contribution in [3.05, 3.63) is 47.5 Å². The van der Waals surface area contributed by atoms with Gasteiger partial charge in [0, 0.05) is 134 Å². The van der Waals surface area contributed by atoms with Gasteiger partial charge >= 0.3 is 6.09 Å². The zero-order chi connectivity index (χ0) is 60.6. The van der Waals surface area contributed by atoms with Crippen LogP contribution in [0, 0.1) is 0 Å². The highest BCUT2D eigenvalue weighted by atomic mass is 35.5. The van der Waals surface area contributed by atoms with E-state index >= 15 is 0 Å². The minimum atomic E-state index is -0.666. The number of benzene rings is 2. The Hall–Kier alpha value is -5.12. The summed E-state index contributed by atoms with van der Waals surface area (Å²) in [6.07, 6.45) is 11.0. The van der Waals surface area contributed by atoms with Crippen LogP contribution in [0.5, 0.6) is 23.0 Å². The lowest BCUT2D eigenvalue weighted by Gasteiger charge is -2.45. The number of carbonyl (C=O) groups excluding carboxylic acids is 5. The molecule has 20 nitrogen and oxygen atoms in total. The molecule has 1 N–H and O–H groups in total. The molecular weight excluding hydrogens is 1100 g/mol. The summed E-state index contributed by atoms with van der Waals surface area (Å²) in [5.41, 5.74) is 0.422. The lowest BCUT2D eigenvalue weighted by Crippen LogP contribution is -2.58. The molecule has 2 aromatic rings. The summed E-state index contributed by atoms with van der Waals surface area (Å²) in [7, 11) is 9.71. The minimum absolute atomic E-state index is 0. The fourth-order valence-electron chi connectivity index (χ4n) is 11.1. The van der Waals surface area contributed by atoms with E-state index in [1.54, 1.807) is 77.9 Å². The predicted molar refractivity (Wildman–Crippen MR) is 326 cm³/mol. The number of amides is 5. The molecule has 84 heavy (non-hydrogen) atoms. The molecule has 4 atom stereocenters. The first-order valence-electron chi connectivity index (χ1n) is 30.3. The second kappa shape index (κ2) is 36.1. The number of ether oxygens (including phenoxy) is 9. The van der Waals surface area contributed by atoms with Crippen LogP contribution >= 0.6 is 12.4 Å². The standard InChI is InChI=1S/C34H55N3O8.C29H47N3O6.ClH/c1-24(2)37(32(39)25-10-15-29(43-8)30(22-25)44-20-9-19-41-6)28-14-13-27(36(23-28)33(40)45-34(3,4)5)16-18-35(26-11-12-26)31(38)17-21-42-7;1-21(2)32(29(34)22-7-12-26(37-5)27(19-22)38-17-6-16-35-3)25-9-8-23(30-20-25)13-15-31(24-10-11-24)28(33)14-18-36-4;/h10,15,22,24,26-28H,9,11-14,16-21,23H2,1-8H3;7,12,19,21,23-25,30H,6,8-11,13-18,20H2,1-5H3;1H/t27-,28-;23-,25-;/m11./s1. The van der Waals surface area contributed by atoms with Crippen molar-refractivity contribution in [2.75, 3.05) is 108 Å². The second-order valence-corrected chi connectivity index (χ2v) is 23.8. The van der Waals surface area contributed by atoms with E-state index in [1.807, 2.05) is 55.4 Å². The summed E-state index contributed by atoms with van der Waals surface area (Å²) in [6, 6.07) is 11.4. The van der Waals surface area contributed by atoms with Gasteiger partial charge in [-0.1, -0.05) is 0 Å². The van der Waals surface area contributed by atoms with Crippen LogP contribution in [0.2, 0.25) is 0 Å². The maximum Gasteiger partial charge on any atom is 0.410 e. The topological polar surface area (TPSA) is 197 Å². The first-order chi connectivity index (χ1) is 39.8. The van der Waals surface area contributed by atoms with Crippen LogP contribution in [-0.2, 0) is 33.3 Å². The number of piperidine rings is 2. The highest BCUT2D eigenvalue weighted by molar-refractivity contribution is 5.96. The SMILES string of the molecule is COCCCOc1cc(C(=O)N(C(C)C)[C@@H]2CC[C@H](CCN(C(=O)CCOC)C3CC3)N(C(=O)OC(C)(C)C)C2)ccc1OC.COCCCOc1cc(C(=O)N(C(C)C)[C@@H]2CC[C@H](CCN(C(=O)CCOC)C3CC3)NC2)ccc1OC.Cl. The van der Waals surface area contributed by atoms with Crippen molar-refractivity contribution >= 4 is 42.1 Å². The number of carbonyl (C=O) groups is 5. The molecule has 2 saturated carbocycles. The Labute approximate surface area is 507 Å². The lowest BCUT2D eigenvalue weighted by atomic mass is 9.93. The fraction of sp³-hybridized carbons (Fsp3) is 0.730. The van der Waals surface area contributed by atoms with Gasteiger partial charge < -0.3 is 72.4 Å². The number of nitrogens with one attached hydrogen (secondary N) is 1. The first kappa shape index (κ1) is 71.4. The Bertz CT molecular complexity index is 2320. The Morgan fingerprint density at radius 2 is 1.00 bits per heavy atom. The van der Waals surface area contributed by atoms with Crippen molar-refractivity contribution < 1.29 is 66.6 Å². The average molecular weight is 1200 g/mol. The molecular formula is C63H103ClN6O14. The number of hydrogen-bond acceptors (Lipinski definition) is 15. The van der Waals surface area contributed by atoms with Gasteiger partial charge in [-0.05, 0) is 149 Å². The molecule has 6 rings (SSSR count). The van der Waals surface area contributed by atoms with Gasteiger partial charge in [-0.25, -0.2) is 4.79 Å². The molecule has 0 unspecified atom stereocenters. The number of hydrogen-bond donors (Lipinski definition) is 1. The summed E-state index contributed by atoms with van der Waals surface area (Å²) < 4.78 is 49.1. The van der Waals surface area contributed by atoms with E-state index in [0.29, 0.717) is 131 Å². The number of rotatable bonds is 32. The van der Waals surface area contributed by atoms with Crippen molar-refractivity contribution in [1.29, 1.82) is 0 Å². The van der Waals surface area contributed by atoms with Gasteiger partial charge in [0.25, 0.3) is 11.8 Å². The predicted octanol–water partition coefficient (Wildman–Crippen LogP) is 9.07. The number of nitrogens with zero attached hydrogens (tertiary/aromatic N) is 5. The normalized spacial score (nSPS) is 18.6. The van der Waals surface area contributed by atoms with Gasteiger partial charge in [0.2, 0.25) is 11.8 Å². The summed E-state index contributed by atoms with van der Waals surface area (Å²) in [5.74, 6) is 2.39. The molecule has 21 heteroatoms. The van der Waals surface area contributed by atoms with Gasteiger partial charge in [0.05, 0.1) is 59.5 Å². The maximum absolute atomic E-state index is 14.1. The van der Waals surface area contributed by atoms with Crippen LogP contribution < -0.4 is 24.3 Å². The van der Waals surface area contributed by atoms with Gasteiger partial charge in [0.15, 0.2) is 23.0 Å². The van der Waals surface area contributed by atoms with E-state index in [1.165, 1.54) is 0 Å². The average Bonchev–Trinajstić information content (AvgIpc) is 4.58. The maximum atomic E-state index is 14.1. The van der Waals surface area contributed by atoms with Crippen LogP contribution in [0.15, 0.2) is 36.4 Å². The van der Waals surface area contributed by atoms with Crippen molar-refractivity contribution in [3.8, 4) is 23.0 Å². The Morgan fingerprint density at radius 1 is 0.560 bits per heavy atom. The van der Waals surface area contributed by atoms with E-state index in [2.05, 4.69) is 24.1 Å². The first-order valence-corrected chi connectivity index (χ1v) is 30.3. The summed E-state index contributed by atoms with van der Waals surface area (Å²) in [6.45, 7) is 19.1. The van der Waals surface area contributed by atoms with Crippen molar-refractivity contribution in [3.63, 3.8) is 0 Å². The molecule has 2 aromatic carbocycles. The molecule has 476 valence electrons. The highest BCUT2D eigenvalue weighted by Gasteiger charge is 2.41. The number of likely N-dealkylation sites (tertiary alicyclic amines) is 1. The molecule has 2 aliphatic carbocycles. The summed E-state index contributed by atoms with van der Waals surface area (Å²) >= 11 is 0. The van der Waals surface area contributed by atoms with Crippen molar-refractivity contribution in [1.82, 2.24) is 29.8 Å². The van der Waals surface area contributed by atoms with Crippen LogP contribution in [0.1, 0.15) is 159 Å². The molecule has 4 fully saturated rings. The molecule has 4 aliphatic rings. The minimum Gasteiger partial charge on any atom is -0.493 e. The Kier molecular flexibility index (Phi) is 30.7. The number of methoxy groups -OCH3 is 6. The molecule has 5 amide bonds. The summed E-state index contributed by atoms with van der Waals surface area (Å²) in [5, 5.41) is 3.66. The van der Waals surface area contributed by atoms with Gasteiger partial charge in [-0.15, -0.1) is 12.4 Å². The zero-order valence-electron chi connectivity index (χ0n) is 52.9. The van der Waals surface area contributed by atoms with Gasteiger partial charge in [0.1, 0.15) is 5.60 Å². The molecule has 2 heterocycles. The lowest BCUT2D eigenvalue weighted by molar-refractivity contribution is -0.133.